The quantitative estimate of drug-likeness (QED) is 0.344. The van der Waals surface area contributed by atoms with Crippen molar-refractivity contribution < 1.29 is 0 Å². The fourth-order valence-electron chi connectivity index (χ4n) is 4.11. The van der Waals surface area contributed by atoms with Crippen LogP contribution in [0.3, 0.4) is 0 Å². The van der Waals surface area contributed by atoms with E-state index in [1.807, 2.05) is 0 Å². The van der Waals surface area contributed by atoms with Gasteiger partial charge in [-0.3, -0.25) is 0 Å². The van der Waals surface area contributed by atoms with Gasteiger partial charge in [-0.2, -0.15) is 0 Å². The molecule has 0 aliphatic heterocycles. The van der Waals surface area contributed by atoms with Crippen molar-refractivity contribution in [3.63, 3.8) is 0 Å². The Morgan fingerprint density at radius 1 is 0.600 bits per heavy atom. The van der Waals surface area contributed by atoms with Gasteiger partial charge < -0.3 is 4.57 Å². The van der Waals surface area contributed by atoms with Gasteiger partial charge in [0.25, 0.3) is 0 Å². The summed E-state index contributed by atoms with van der Waals surface area (Å²) in [5.41, 5.74) is 5.23. The van der Waals surface area contributed by atoms with Crippen LogP contribution < -0.4 is 0 Å². The van der Waals surface area contributed by atoms with E-state index in [-0.39, 0.29) is 0 Å². The fourth-order valence-corrected chi connectivity index (χ4v) is 4.11. The van der Waals surface area contributed by atoms with Crippen LogP contribution in [-0.2, 0) is 6.54 Å². The molecule has 0 saturated carbocycles. The molecule has 0 amide bonds. The zero-order valence-electron chi connectivity index (χ0n) is 14.2. The van der Waals surface area contributed by atoms with Gasteiger partial charge in [0.2, 0.25) is 0 Å². The molecule has 1 heterocycles. The molecule has 1 nitrogen and oxygen atoms in total. The van der Waals surface area contributed by atoms with E-state index in [0.29, 0.717) is 0 Å². The molecule has 0 aliphatic rings. The molecular weight excluding hydrogens is 302 g/mol. The Kier molecular flexibility index (Phi) is 3.14. The fraction of sp³-hybridized carbons (Fsp3) is 0.0833. The maximum absolute atomic E-state index is 2.45. The molecule has 0 saturated heterocycles. The Morgan fingerprint density at radius 3 is 2.12 bits per heavy atom. The van der Waals surface area contributed by atoms with Gasteiger partial charge in [0, 0.05) is 28.2 Å². The largest absolute Gasteiger partial charge is 0.340 e. The van der Waals surface area contributed by atoms with Crippen molar-refractivity contribution >= 4 is 32.6 Å². The van der Waals surface area contributed by atoms with Gasteiger partial charge in [-0.1, -0.05) is 78.9 Å². The Balaban J connectivity index is 1.97. The lowest BCUT2D eigenvalue weighted by Gasteiger charge is -2.10. The maximum Gasteiger partial charge on any atom is 0.0571 e. The molecule has 1 heteroatoms. The summed E-state index contributed by atoms with van der Waals surface area (Å²) in [5, 5.41) is 5.33. The van der Waals surface area contributed by atoms with Crippen LogP contribution in [0.25, 0.3) is 43.7 Å². The molecule has 0 spiro atoms. The van der Waals surface area contributed by atoms with Crippen molar-refractivity contribution in [1.29, 1.82) is 0 Å². The van der Waals surface area contributed by atoms with E-state index in [2.05, 4.69) is 96.4 Å². The number of benzene rings is 4. The second-order valence-corrected chi connectivity index (χ2v) is 6.49. The first-order valence-electron chi connectivity index (χ1n) is 8.86. The minimum atomic E-state index is 0.971. The average molecular weight is 321 g/mol. The van der Waals surface area contributed by atoms with E-state index in [0.717, 1.165) is 6.54 Å². The molecule has 0 bridgehead atoms. The highest BCUT2D eigenvalue weighted by molar-refractivity contribution is 6.19. The lowest BCUT2D eigenvalue weighted by molar-refractivity contribution is 0.829. The van der Waals surface area contributed by atoms with Crippen LogP contribution in [-0.4, -0.2) is 4.57 Å². The van der Waals surface area contributed by atoms with Crippen molar-refractivity contribution in [2.45, 2.75) is 13.5 Å². The van der Waals surface area contributed by atoms with Gasteiger partial charge in [-0.15, -0.1) is 0 Å². The summed E-state index contributed by atoms with van der Waals surface area (Å²) in [6.07, 6.45) is 0. The Labute approximate surface area is 147 Å². The van der Waals surface area contributed by atoms with E-state index < -0.39 is 0 Å². The van der Waals surface area contributed by atoms with Gasteiger partial charge in [0.05, 0.1) is 5.52 Å². The third-order valence-electron chi connectivity index (χ3n) is 5.19. The summed E-state index contributed by atoms with van der Waals surface area (Å²) >= 11 is 0. The SMILES string of the molecule is CCn1c2ccccc2c2ccc3c(-c4ccccc4)cccc3c21. The van der Waals surface area contributed by atoms with Crippen molar-refractivity contribution in [3.8, 4) is 11.1 Å². The molecular formula is C24H19N. The Hall–Kier alpha value is -3.06. The zero-order valence-corrected chi connectivity index (χ0v) is 14.2. The molecule has 4 aromatic carbocycles. The molecule has 0 N–H and O–H groups in total. The molecule has 0 atom stereocenters. The third kappa shape index (κ3) is 2.02. The lowest BCUT2D eigenvalue weighted by atomic mass is 9.96. The topological polar surface area (TPSA) is 4.93 Å². The van der Waals surface area contributed by atoms with E-state index in [1.165, 1.54) is 43.7 Å². The van der Waals surface area contributed by atoms with Gasteiger partial charge in [-0.25, -0.2) is 0 Å². The highest BCUT2D eigenvalue weighted by Gasteiger charge is 2.13. The van der Waals surface area contributed by atoms with E-state index in [4.69, 9.17) is 0 Å². The smallest absolute Gasteiger partial charge is 0.0571 e. The monoisotopic (exact) mass is 321 g/mol. The Morgan fingerprint density at radius 2 is 1.28 bits per heavy atom. The van der Waals surface area contributed by atoms with Crippen LogP contribution in [0.5, 0.6) is 0 Å². The minimum Gasteiger partial charge on any atom is -0.340 e. The summed E-state index contributed by atoms with van der Waals surface area (Å²) in [5.74, 6) is 0. The summed E-state index contributed by atoms with van der Waals surface area (Å²) in [4.78, 5) is 0. The first-order valence-corrected chi connectivity index (χ1v) is 8.86. The number of nitrogens with zero attached hydrogens (tertiary/aromatic N) is 1. The normalized spacial score (nSPS) is 11.6. The van der Waals surface area contributed by atoms with Crippen LogP contribution in [0.2, 0.25) is 0 Å². The van der Waals surface area contributed by atoms with E-state index >= 15 is 0 Å². The molecule has 5 aromatic rings. The molecule has 120 valence electrons. The van der Waals surface area contributed by atoms with Crippen LogP contribution in [0, 0.1) is 0 Å². The predicted octanol–water partition coefficient (Wildman–Crippen LogP) is 6.63. The predicted molar refractivity (Wildman–Crippen MR) is 108 cm³/mol. The second kappa shape index (κ2) is 5.49. The van der Waals surface area contributed by atoms with Crippen LogP contribution >= 0.6 is 0 Å². The number of aromatic nitrogens is 1. The molecule has 5 rings (SSSR count). The standard InChI is InChI=1S/C24H19N/c1-2-25-23-14-7-6-11-20(23)22-16-15-19-18(17-9-4-3-5-10-17)12-8-13-21(19)24(22)25/h3-16H,2H2,1H3. The Bertz CT molecular complexity index is 1210. The van der Waals surface area contributed by atoms with Crippen molar-refractivity contribution in [2.75, 3.05) is 0 Å². The number of hydrogen-bond donors (Lipinski definition) is 0. The van der Waals surface area contributed by atoms with Gasteiger partial charge in [0.1, 0.15) is 0 Å². The first kappa shape index (κ1) is 14.3. The molecule has 25 heavy (non-hydrogen) atoms. The van der Waals surface area contributed by atoms with Crippen molar-refractivity contribution in [3.05, 3.63) is 84.9 Å². The van der Waals surface area contributed by atoms with Gasteiger partial charge in [0.15, 0.2) is 0 Å². The number of aryl methyl sites for hydroxylation is 1. The highest BCUT2D eigenvalue weighted by atomic mass is 15.0. The number of hydrogen-bond acceptors (Lipinski definition) is 0. The first-order chi connectivity index (χ1) is 12.4. The van der Waals surface area contributed by atoms with Crippen LogP contribution in [0.15, 0.2) is 84.9 Å². The molecule has 0 aliphatic carbocycles. The lowest BCUT2D eigenvalue weighted by Crippen LogP contribution is -1.94. The average Bonchev–Trinajstić information content (AvgIpc) is 3.02. The van der Waals surface area contributed by atoms with Gasteiger partial charge in [-0.05, 0) is 29.5 Å². The highest BCUT2D eigenvalue weighted by Crippen LogP contribution is 2.37. The summed E-state index contributed by atoms with van der Waals surface area (Å²) in [6, 6.07) is 30.6. The van der Waals surface area contributed by atoms with E-state index in [9.17, 15) is 0 Å². The number of para-hydroxylation sites is 1. The van der Waals surface area contributed by atoms with Crippen LogP contribution in [0.1, 0.15) is 6.92 Å². The summed E-state index contributed by atoms with van der Waals surface area (Å²) in [6.45, 7) is 3.20. The van der Waals surface area contributed by atoms with Gasteiger partial charge >= 0.3 is 0 Å². The molecule has 0 fully saturated rings. The van der Waals surface area contributed by atoms with Crippen LogP contribution in [0.4, 0.5) is 0 Å². The molecule has 1 aromatic heterocycles. The second-order valence-electron chi connectivity index (χ2n) is 6.49. The molecule has 0 unspecified atom stereocenters. The number of fused-ring (bicyclic) bond motifs is 5. The van der Waals surface area contributed by atoms with Crippen molar-refractivity contribution in [1.82, 2.24) is 4.57 Å². The third-order valence-corrected chi connectivity index (χ3v) is 5.19. The maximum atomic E-state index is 2.45. The van der Waals surface area contributed by atoms with E-state index in [1.54, 1.807) is 0 Å². The van der Waals surface area contributed by atoms with Crippen molar-refractivity contribution in [2.24, 2.45) is 0 Å². The summed E-state index contributed by atoms with van der Waals surface area (Å²) < 4.78 is 2.45. The zero-order chi connectivity index (χ0) is 16.8. The summed E-state index contributed by atoms with van der Waals surface area (Å²) in [7, 11) is 0. The number of rotatable bonds is 2. The molecule has 0 radical (unpaired) electrons. The minimum absolute atomic E-state index is 0.971.